The van der Waals surface area contributed by atoms with Crippen molar-refractivity contribution in [1.29, 1.82) is 0 Å². The van der Waals surface area contributed by atoms with Gasteiger partial charge < -0.3 is 16.1 Å². The maximum Gasteiger partial charge on any atom is 0.588 e. The Morgan fingerprint density at radius 2 is 0.803 bits per heavy atom. The Morgan fingerprint density at radius 1 is 0.409 bits per heavy atom. The third-order valence-electron chi connectivity index (χ3n) is 12.4. The van der Waals surface area contributed by atoms with E-state index in [1.165, 1.54) is 0 Å². The second-order valence-electron chi connectivity index (χ2n) is 16.7. The first kappa shape index (κ1) is 40.5. The summed E-state index contributed by atoms with van der Waals surface area (Å²) in [6.45, 7) is 0.244. The minimum atomic E-state index is -3.94. The largest absolute Gasteiger partial charge is 0.588 e. The Bertz CT molecular complexity index is 3320. The lowest BCUT2D eigenvalue weighted by molar-refractivity contribution is 0.205. The average molecular weight is 901 g/mol. The average Bonchev–Trinajstić information content (AvgIpc) is 4.06. The summed E-state index contributed by atoms with van der Waals surface area (Å²) in [6.07, 6.45) is 5.62. The quantitative estimate of drug-likeness (QED) is 0.0611. The molecule has 0 spiro atoms. The fraction of sp³-hybridized carbons (Fsp3) is 0.154. The number of fused-ring (bicyclic) bond motifs is 14. The zero-order valence-corrected chi connectivity index (χ0v) is 38.0. The maximum atomic E-state index is 13.9. The summed E-state index contributed by atoms with van der Waals surface area (Å²) in [6, 6.07) is 51.4. The van der Waals surface area contributed by atoms with Crippen molar-refractivity contribution in [3.8, 4) is 11.5 Å². The molecule has 12 rings (SSSR count). The fourth-order valence-electron chi connectivity index (χ4n) is 9.40. The Kier molecular flexibility index (Phi) is 10.5. The molecule has 14 heteroatoms. The molecule has 66 heavy (non-hydrogen) atoms. The van der Waals surface area contributed by atoms with Gasteiger partial charge in [-0.15, -0.1) is 0 Å². The van der Waals surface area contributed by atoms with Crippen molar-refractivity contribution in [2.45, 2.75) is 43.8 Å². The number of nitrogens with zero attached hydrogens (tertiary/aromatic N) is 8. The summed E-state index contributed by atoms with van der Waals surface area (Å²) < 4.78 is 36.3. The van der Waals surface area contributed by atoms with Gasteiger partial charge in [0, 0.05) is 43.8 Å². The van der Waals surface area contributed by atoms with Gasteiger partial charge in [-0.3, -0.25) is 4.52 Å². The molecule has 0 saturated heterocycles. The van der Waals surface area contributed by atoms with E-state index < -0.39 is 22.4 Å². The van der Waals surface area contributed by atoms with E-state index in [0.29, 0.717) is 41.3 Å². The van der Waals surface area contributed by atoms with Crippen LogP contribution in [0.4, 0.5) is 11.6 Å². The van der Waals surface area contributed by atoms with Crippen molar-refractivity contribution in [3.05, 3.63) is 191 Å². The predicted octanol–water partition coefficient (Wildman–Crippen LogP) is 11.0. The van der Waals surface area contributed by atoms with Crippen LogP contribution in [-0.4, -0.2) is 51.6 Å². The van der Waals surface area contributed by atoms with E-state index in [4.69, 9.17) is 43.5 Å². The van der Waals surface area contributed by atoms with Gasteiger partial charge in [-0.2, -0.15) is 0 Å². The van der Waals surface area contributed by atoms with Gasteiger partial charge >= 0.3 is 22.4 Å². The van der Waals surface area contributed by atoms with Gasteiger partial charge in [0.25, 0.3) is 0 Å². The standard InChI is InChI=1S/C32H16N8.C20H26O4P.Al/c1-2-10-18-17(9-1)25-33-26(18)38-28-21-13-5-6-14-22(21)30(35-28)40-32-24-16-8-7-15-23(24)31(36-32)39-29-20-12-4-3-11-19(20)27(34-29)37-25;1-2-3-4-5-6-13-18-22-25(21,23-19-14-9-7-10-15-19)24-20-16-11-8-12-17-20;/h1-16H;7-12,14-17H,1-6,13,18H2;/q-2;;+2. The number of hydrogen-bond donors (Lipinski definition) is 0. The molecule has 0 amide bonds. The van der Waals surface area contributed by atoms with Crippen LogP contribution in [0.5, 0.6) is 11.5 Å². The Labute approximate surface area is 385 Å². The highest BCUT2D eigenvalue weighted by Gasteiger charge is 2.38. The van der Waals surface area contributed by atoms with E-state index in [9.17, 15) is 4.57 Å². The number of aliphatic imine (C=N–C) groups is 4. The predicted molar refractivity (Wildman–Crippen MR) is 261 cm³/mol. The van der Waals surface area contributed by atoms with E-state index in [-0.39, 0.29) is 6.61 Å². The Morgan fingerprint density at radius 3 is 1.29 bits per heavy atom. The number of aromatic nitrogens is 2. The molecule has 322 valence electrons. The summed E-state index contributed by atoms with van der Waals surface area (Å²) >= 11 is -2.44. The molecule has 4 aliphatic heterocycles. The molecule has 0 saturated carbocycles. The second-order valence-corrected chi connectivity index (χ2v) is 20.8. The molecule has 2 aromatic heterocycles. The van der Waals surface area contributed by atoms with Crippen molar-refractivity contribution in [3.63, 3.8) is 0 Å². The minimum Gasteiger partial charge on any atom is -0.395 e. The third kappa shape index (κ3) is 7.35. The van der Waals surface area contributed by atoms with Crippen molar-refractivity contribution in [2.24, 2.45) is 30.0 Å². The molecular weight excluding hydrogens is 859 g/mol. The monoisotopic (exact) mass is 900 g/mol. The van der Waals surface area contributed by atoms with Crippen molar-refractivity contribution in [2.75, 3.05) is 6.61 Å². The van der Waals surface area contributed by atoms with Gasteiger partial charge in [0.05, 0.1) is 6.61 Å². The molecule has 6 bridgehead atoms. The molecule has 0 fully saturated rings. The van der Waals surface area contributed by atoms with Gasteiger partial charge in [0.2, 0.25) is 0 Å². The highest BCUT2D eigenvalue weighted by molar-refractivity contribution is 7.49. The van der Waals surface area contributed by atoms with Crippen LogP contribution in [-0.2, 0) is 9.09 Å². The molecule has 8 aromatic rings. The smallest absolute Gasteiger partial charge is 0.395 e. The van der Waals surface area contributed by atoms with E-state index in [1.54, 1.807) is 24.3 Å². The highest BCUT2D eigenvalue weighted by Crippen LogP contribution is 2.50. The summed E-state index contributed by atoms with van der Waals surface area (Å²) in [5, 5.41) is 4.95. The van der Waals surface area contributed by atoms with Crippen LogP contribution >= 0.6 is 7.82 Å². The second kappa shape index (κ2) is 17.1. The van der Waals surface area contributed by atoms with E-state index in [0.717, 1.165) is 104 Å². The zero-order valence-electron chi connectivity index (χ0n) is 35.9. The molecule has 0 unspecified atom stereocenters. The number of hydrogen-bond acceptors (Lipinski definition) is 10. The SMILES string of the molecule is O=P(OCCCCCCC[CH2][Al]1[n]2c3c4ccccc4c2N=C2N=C(N=c4c5ccccc5c([n]41)=NC1=NC(=N3)c3ccccc31)c1ccccc12)(Oc1ccccc1)Oc1ccccc1. The maximum absolute atomic E-state index is 13.9. The number of unbranched alkanes of at least 4 members (excludes halogenated alkanes) is 5. The van der Waals surface area contributed by atoms with Gasteiger partial charge in [0.15, 0.2) is 23.3 Å². The van der Waals surface area contributed by atoms with Gasteiger partial charge in [-0.1, -0.05) is 171 Å². The van der Waals surface area contributed by atoms with Crippen LogP contribution in [0.1, 0.15) is 60.8 Å². The minimum absolute atomic E-state index is 0.244. The van der Waals surface area contributed by atoms with Crippen LogP contribution in [0.3, 0.4) is 0 Å². The van der Waals surface area contributed by atoms with Crippen LogP contribution in [0, 0.1) is 0 Å². The van der Waals surface area contributed by atoms with E-state index in [2.05, 4.69) is 79.9 Å². The molecule has 0 aliphatic carbocycles. The molecule has 0 atom stereocenters. The van der Waals surface area contributed by atoms with Gasteiger partial charge in [0.1, 0.15) is 34.1 Å². The summed E-state index contributed by atoms with van der Waals surface area (Å²) in [7, 11) is -3.94. The van der Waals surface area contributed by atoms with E-state index >= 15 is 0 Å². The lowest BCUT2D eigenvalue weighted by Gasteiger charge is -2.20. The van der Waals surface area contributed by atoms with Crippen LogP contribution < -0.4 is 20.0 Å². The third-order valence-corrected chi connectivity index (χ3v) is 16.9. The highest BCUT2D eigenvalue weighted by atomic mass is 31.2. The van der Waals surface area contributed by atoms with Crippen molar-refractivity contribution in [1.82, 2.24) is 7.10 Å². The topological polar surface area (TPSA) is 129 Å². The zero-order chi connectivity index (χ0) is 44.0. The number of rotatable bonds is 14. The molecule has 0 N–H and O–H groups in total. The van der Waals surface area contributed by atoms with Gasteiger partial charge in [-0.25, -0.2) is 34.5 Å². The molecule has 6 aromatic carbocycles. The van der Waals surface area contributed by atoms with Crippen LogP contribution in [0.25, 0.3) is 21.5 Å². The summed E-state index contributed by atoms with van der Waals surface area (Å²) in [4.78, 5) is 32.4. The molecule has 0 radical (unpaired) electrons. The molecule has 4 aliphatic rings. The number of para-hydroxylation sites is 2. The molecule has 6 heterocycles. The molecular formula is C52H42AlN8O4P. The normalized spacial score (nSPS) is 14.3. The number of phosphoric ester groups is 1. The first-order valence-electron chi connectivity index (χ1n) is 22.6. The van der Waals surface area contributed by atoms with E-state index in [1.807, 2.05) is 60.7 Å². The number of benzene rings is 6. The lowest BCUT2D eigenvalue weighted by Crippen LogP contribution is -2.46. The molecule has 12 nitrogen and oxygen atoms in total. The first-order chi connectivity index (χ1) is 32.6. The lowest BCUT2D eigenvalue weighted by atomic mass is 10.1. The Hall–Kier alpha value is -7.00. The summed E-state index contributed by atoms with van der Waals surface area (Å²) in [5.41, 5.74) is 5.50. The van der Waals surface area contributed by atoms with Crippen LogP contribution in [0.15, 0.2) is 188 Å². The summed E-state index contributed by atoms with van der Waals surface area (Å²) in [5.74, 6) is 5.11. The Balaban J connectivity index is 0.886. The fourth-order valence-corrected chi connectivity index (χ4v) is 14.0. The first-order valence-corrected chi connectivity index (χ1v) is 25.9. The number of phosphoric acid groups is 1. The number of amidine groups is 4. The van der Waals surface area contributed by atoms with Crippen molar-refractivity contribution >= 4 is 78.9 Å². The van der Waals surface area contributed by atoms with Crippen LogP contribution in [0.2, 0.25) is 5.28 Å². The van der Waals surface area contributed by atoms with Crippen molar-refractivity contribution < 1.29 is 18.1 Å². The van der Waals surface area contributed by atoms with Gasteiger partial charge in [-0.05, 0) is 30.7 Å².